The lowest BCUT2D eigenvalue weighted by molar-refractivity contribution is 0.305. The highest BCUT2D eigenvalue weighted by molar-refractivity contribution is 7.98. The molecule has 0 heterocycles. The molecule has 0 aliphatic carbocycles. The number of hydrogen-bond donors (Lipinski definition) is 1. The van der Waals surface area contributed by atoms with Crippen LogP contribution in [0.2, 0.25) is 10.0 Å². The van der Waals surface area contributed by atoms with E-state index in [2.05, 4.69) is 24.0 Å². The zero-order chi connectivity index (χ0) is 15.1. The van der Waals surface area contributed by atoms with Gasteiger partial charge in [-0.05, 0) is 35.9 Å². The molecule has 0 radical (unpaired) electrons. The van der Waals surface area contributed by atoms with Gasteiger partial charge in [-0.3, -0.25) is 0 Å². The molecule has 0 atom stereocenters. The zero-order valence-corrected chi connectivity index (χ0v) is 13.6. The Balaban J connectivity index is 2.05. The Labute approximate surface area is 139 Å². The average Bonchev–Trinajstić information content (AvgIpc) is 2.49. The number of aliphatic hydroxyl groups excluding tert-OH is 1. The van der Waals surface area contributed by atoms with E-state index in [1.807, 2.05) is 24.3 Å². The van der Waals surface area contributed by atoms with Gasteiger partial charge < -0.3 is 5.11 Å². The van der Waals surface area contributed by atoms with E-state index in [0.29, 0.717) is 16.5 Å². The second-order valence-corrected chi connectivity index (χ2v) is 6.20. The second-order valence-electron chi connectivity index (χ2n) is 4.34. The highest BCUT2D eigenvalue weighted by Crippen LogP contribution is 2.32. The van der Waals surface area contributed by atoms with Crippen LogP contribution in [0.15, 0.2) is 47.4 Å². The van der Waals surface area contributed by atoms with Gasteiger partial charge in [-0.15, -0.1) is 11.8 Å². The Kier molecular flexibility index (Phi) is 6.48. The molecule has 0 saturated carbocycles. The van der Waals surface area contributed by atoms with E-state index in [1.165, 1.54) is 5.56 Å². The third-order valence-electron chi connectivity index (χ3n) is 2.68. The van der Waals surface area contributed by atoms with Gasteiger partial charge >= 0.3 is 0 Å². The molecule has 108 valence electrons. The highest BCUT2D eigenvalue weighted by atomic mass is 35.5. The summed E-state index contributed by atoms with van der Waals surface area (Å²) in [6.45, 7) is 0.0931. The number of thioether (sulfide) groups is 1. The largest absolute Gasteiger partial charge is 0.395 e. The SMILES string of the molecule is OCCC#Cc1cccc(CSc2cc(Cl)ccc2Cl)c1. The van der Waals surface area contributed by atoms with Crippen molar-refractivity contribution in [2.24, 2.45) is 0 Å². The van der Waals surface area contributed by atoms with Crippen LogP contribution in [0.3, 0.4) is 0 Å². The van der Waals surface area contributed by atoms with Crippen LogP contribution in [-0.4, -0.2) is 11.7 Å². The predicted molar refractivity (Wildman–Crippen MR) is 91.0 cm³/mol. The minimum Gasteiger partial charge on any atom is -0.395 e. The molecule has 0 aliphatic rings. The maximum absolute atomic E-state index is 8.73. The molecule has 0 aromatic heterocycles. The fourth-order valence-electron chi connectivity index (χ4n) is 1.71. The molecule has 0 bridgehead atoms. The molecular weight excluding hydrogens is 323 g/mol. The number of rotatable bonds is 4. The van der Waals surface area contributed by atoms with E-state index in [1.54, 1.807) is 17.8 Å². The standard InChI is InChI=1S/C17H14Cl2OS/c18-15-7-8-16(19)17(11-15)21-12-14-6-3-5-13(10-14)4-1-2-9-20/h3,5-8,10-11,20H,2,9,12H2. The molecule has 0 saturated heterocycles. The van der Waals surface area contributed by atoms with Gasteiger partial charge in [0, 0.05) is 27.7 Å². The molecule has 0 amide bonds. The van der Waals surface area contributed by atoms with E-state index in [4.69, 9.17) is 28.3 Å². The average molecular weight is 337 g/mol. The van der Waals surface area contributed by atoms with Crippen molar-refractivity contribution in [2.45, 2.75) is 17.1 Å². The van der Waals surface area contributed by atoms with Crippen molar-refractivity contribution in [3.8, 4) is 11.8 Å². The fraction of sp³-hybridized carbons (Fsp3) is 0.176. The van der Waals surface area contributed by atoms with Crippen LogP contribution in [0.4, 0.5) is 0 Å². The van der Waals surface area contributed by atoms with Crippen LogP contribution < -0.4 is 0 Å². The van der Waals surface area contributed by atoms with Crippen LogP contribution in [-0.2, 0) is 5.75 Å². The fourth-order valence-corrected chi connectivity index (χ4v) is 3.14. The molecular formula is C17H14Cl2OS. The van der Waals surface area contributed by atoms with E-state index in [0.717, 1.165) is 16.2 Å². The summed E-state index contributed by atoms with van der Waals surface area (Å²) in [5.74, 6) is 6.76. The molecule has 0 aliphatic heterocycles. The first kappa shape index (κ1) is 16.3. The van der Waals surface area contributed by atoms with Gasteiger partial charge in [-0.1, -0.05) is 47.2 Å². The lowest BCUT2D eigenvalue weighted by Crippen LogP contribution is -1.84. The van der Waals surface area contributed by atoms with Gasteiger partial charge in [0.25, 0.3) is 0 Å². The first-order valence-corrected chi connectivity index (χ1v) is 8.20. The smallest absolute Gasteiger partial charge is 0.0543 e. The maximum atomic E-state index is 8.73. The Morgan fingerprint density at radius 1 is 1.10 bits per heavy atom. The van der Waals surface area contributed by atoms with Gasteiger partial charge in [0.15, 0.2) is 0 Å². The minimum atomic E-state index is 0.0931. The van der Waals surface area contributed by atoms with E-state index >= 15 is 0 Å². The zero-order valence-electron chi connectivity index (χ0n) is 11.3. The van der Waals surface area contributed by atoms with Crippen molar-refractivity contribution >= 4 is 35.0 Å². The molecule has 0 spiro atoms. The summed E-state index contributed by atoms with van der Waals surface area (Å²) in [6, 6.07) is 13.5. The van der Waals surface area contributed by atoms with Crippen LogP contribution in [0.1, 0.15) is 17.5 Å². The Bertz CT molecular complexity index is 674. The third-order valence-corrected chi connectivity index (χ3v) is 4.49. The van der Waals surface area contributed by atoms with Gasteiger partial charge in [0.1, 0.15) is 0 Å². The topological polar surface area (TPSA) is 20.2 Å². The summed E-state index contributed by atoms with van der Waals surface area (Å²) in [6.07, 6.45) is 0.497. The third kappa shape index (κ3) is 5.30. The van der Waals surface area contributed by atoms with Crippen molar-refractivity contribution in [3.05, 3.63) is 63.6 Å². The molecule has 1 nitrogen and oxygen atoms in total. The van der Waals surface area contributed by atoms with E-state index in [9.17, 15) is 0 Å². The van der Waals surface area contributed by atoms with Crippen LogP contribution in [0.5, 0.6) is 0 Å². The monoisotopic (exact) mass is 336 g/mol. The van der Waals surface area contributed by atoms with Gasteiger partial charge in [-0.25, -0.2) is 0 Å². The summed E-state index contributed by atoms with van der Waals surface area (Å²) < 4.78 is 0. The van der Waals surface area contributed by atoms with Gasteiger partial charge in [-0.2, -0.15) is 0 Å². The van der Waals surface area contributed by atoms with Crippen molar-refractivity contribution in [3.63, 3.8) is 0 Å². The minimum absolute atomic E-state index is 0.0931. The normalized spacial score (nSPS) is 10.0. The van der Waals surface area contributed by atoms with Crippen LogP contribution >= 0.6 is 35.0 Å². The summed E-state index contributed by atoms with van der Waals surface area (Å²) in [5, 5.41) is 10.1. The van der Waals surface area contributed by atoms with Crippen molar-refractivity contribution in [1.82, 2.24) is 0 Å². The summed E-state index contributed by atoms with van der Waals surface area (Å²) in [5.41, 5.74) is 2.13. The van der Waals surface area contributed by atoms with Gasteiger partial charge in [0.05, 0.1) is 11.6 Å². The number of hydrogen-bond acceptors (Lipinski definition) is 2. The Hall–Kier alpha value is -1.11. The summed E-state index contributed by atoms with van der Waals surface area (Å²) in [7, 11) is 0. The first-order chi connectivity index (χ1) is 10.2. The predicted octanol–water partition coefficient (Wildman–Crippen LogP) is 5.02. The van der Waals surface area contributed by atoms with Crippen molar-refractivity contribution < 1.29 is 5.11 Å². The molecule has 0 fully saturated rings. The highest BCUT2D eigenvalue weighted by Gasteiger charge is 2.03. The van der Waals surface area contributed by atoms with E-state index < -0.39 is 0 Å². The number of aliphatic hydroxyl groups is 1. The van der Waals surface area contributed by atoms with Gasteiger partial charge in [0.2, 0.25) is 0 Å². The molecule has 21 heavy (non-hydrogen) atoms. The lowest BCUT2D eigenvalue weighted by Gasteiger charge is -2.05. The summed E-state index contributed by atoms with van der Waals surface area (Å²) >= 11 is 13.8. The molecule has 4 heteroatoms. The van der Waals surface area contributed by atoms with Crippen molar-refractivity contribution in [2.75, 3.05) is 6.61 Å². The molecule has 0 unspecified atom stereocenters. The molecule has 2 rings (SSSR count). The van der Waals surface area contributed by atoms with Crippen molar-refractivity contribution in [1.29, 1.82) is 0 Å². The number of benzene rings is 2. The number of halogens is 2. The summed E-state index contributed by atoms with van der Waals surface area (Å²) in [4.78, 5) is 0.973. The first-order valence-electron chi connectivity index (χ1n) is 6.45. The lowest BCUT2D eigenvalue weighted by atomic mass is 10.1. The quantitative estimate of drug-likeness (QED) is 0.624. The molecule has 1 N–H and O–H groups in total. The van der Waals surface area contributed by atoms with E-state index in [-0.39, 0.29) is 6.61 Å². The Morgan fingerprint density at radius 2 is 1.95 bits per heavy atom. The maximum Gasteiger partial charge on any atom is 0.0543 e. The van der Waals surface area contributed by atoms with Crippen LogP contribution in [0, 0.1) is 11.8 Å². The Morgan fingerprint density at radius 3 is 2.76 bits per heavy atom. The molecule has 2 aromatic rings. The molecule has 2 aromatic carbocycles. The van der Waals surface area contributed by atoms with Crippen LogP contribution in [0.25, 0.3) is 0 Å². The second kappa shape index (κ2) is 8.36.